The average molecular weight is 317 g/mol. The Hall–Kier alpha value is -1.58. The summed E-state index contributed by atoms with van der Waals surface area (Å²) in [6.07, 6.45) is 2.27. The summed E-state index contributed by atoms with van der Waals surface area (Å²) in [6, 6.07) is 2.07. The van der Waals surface area contributed by atoms with Crippen LogP contribution in [-0.2, 0) is 10.0 Å². The van der Waals surface area contributed by atoms with Crippen LogP contribution in [0.25, 0.3) is 0 Å². The number of nitro groups is 1. The Morgan fingerprint density at radius 3 is 2.76 bits per heavy atom. The van der Waals surface area contributed by atoms with Crippen LogP contribution >= 0.6 is 0 Å². The lowest BCUT2D eigenvalue weighted by Gasteiger charge is -2.19. The van der Waals surface area contributed by atoms with Crippen LogP contribution in [0.15, 0.2) is 23.1 Å². The molecule has 1 aliphatic carbocycles. The summed E-state index contributed by atoms with van der Waals surface area (Å²) < 4.78 is 40.6. The van der Waals surface area contributed by atoms with Gasteiger partial charge in [0.15, 0.2) is 0 Å². The number of rotatable bonds is 5. The monoisotopic (exact) mass is 317 g/mol. The van der Waals surface area contributed by atoms with Crippen molar-refractivity contribution in [1.82, 2.24) is 4.72 Å². The van der Waals surface area contributed by atoms with Crippen molar-refractivity contribution in [2.45, 2.75) is 30.2 Å². The number of nitro benzene ring substituents is 1. The highest BCUT2D eigenvalue weighted by Crippen LogP contribution is 2.27. The van der Waals surface area contributed by atoms with E-state index in [1.165, 1.54) is 0 Å². The van der Waals surface area contributed by atoms with Gasteiger partial charge in [0.25, 0.3) is 5.69 Å². The molecule has 1 aromatic carbocycles. The van der Waals surface area contributed by atoms with Crippen molar-refractivity contribution >= 4 is 15.7 Å². The normalized spacial score (nSPS) is 22.4. The summed E-state index contributed by atoms with van der Waals surface area (Å²) in [5.74, 6) is -1.02. The van der Waals surface area contributed by atoms with Crippen molar-refractivity contribution in [3.63, 3.8) is 0 Å². The molecular weight excluding hydrogens is 301 g/mol. The topological polar surface area (TPSA) is 115 Å². The molecule has 0 saturated heterocycles. The van der Waals surface area contributed by atoms with Gasteiger partial charge in [-0.1, -0.05) is 6.42 Å². The van der Waals surface area contributed by atoms with Gasteiger partial charge in [-0.3, -0.25) is 10.1 Å². The molecule has 0 bridgehead atoms. The van der Waals surface area contributed by atoms with Gasteiger partial charge >= 0.3 is 0 Å². The first-order valence-electron chi connectivity index (χ1n) is 6.51. The number of nitrogens with zero attached hydrogens (tertiary/aromatic N) is 1. The second kappa shape index (κ2) is 6.04. The van der Waals surface area contributed by atoms with Gasteiger partial charge in [-0.25, -0.2) is 17.5 Å². The summed E-state index contributed by atoms with van der Waals surface area (Å²) in [5, 5.41) is 10.7. The first-order valence-corrected chi connectivity index (χ1v) is 8.00. The number of nitrogens with two attached hydrogens (primary N) is 1. The number of non-ortho nitro benzene ring substituents is 1. The van der Waals surface area contributed by atoms with Crippen molar-refractivity contribution in [2.75, 3.05) is 6.54 Å². The minimum Gasteiger partial charge on any atom is -0.330 e. The largest absolute Gasteiger partial charge is 0.330 e. The van der Waals surface area contributed by atoms with Gasteiger partial charge in [0.1, 0.15) is 10.7 Å². The number of benzene rings is 1. The van der Waals surface area contributed by atoms with E-state index in [1.54, 1.807) is 0 Å². The molecule has 1 aromatic rings. The van der Waals surface area contributed by atoms with Gasteiger partial charge in [0, 0.05) is 18.2 Å². The van der Waals surface area contributed by atoms with Gasteiger partial charge < -0.3 is 5.73 Å². The van der Waals surface area contributed by atoms with Gasteiger partial charge in [-0.05, 0) is 31.4 Å². The van der Waals surface area contributed by atoms with Crippen LogP contribution in [0.2, 0.25) is 0 Å². The van der Waals surface area contributed by atoms with E-state index in [0.29, 0.717) is 13.0 Å². The van der Waals surface area contributed by atoms with Crippen LogP contribution in [0, 0.1) is 21.8 Å². The van der Waals surface area contributed by atoms with Crippen LogP contribution in [0.5, 0.6) is 0 Å². The smallest absolute Gasteiger partial charge is 0.270 e. The Kier molecular flexibility index (Phi) is 4.55. The van der Waals surface area contributed by atoms with Crippen molar-refractivity contribution < 1.29 is 17.7 Å². The van der Waals surface area contributed by atoms with Crippen LogP contribution in [0.1, 0.15) is 19.3 Å². The van der Waals surface area contributed by atoms with Crippen molar-refractivity contribution in [1.29, 1.82) is 0 Å². The number of hydrogen-bond acceptors (Lipinski definition) is 5. The lowest BCUT2D eigenvalue weighted by molar-refractivity contribution is -0.385. The number of hydrogen-bond donors (Lipinski definition) is 2. The standard InChI is InChI=1S/C12H16FN3O4S/c13-10-5-4-9(16(17)18)6-12(10)21(19,20)15-11-3-1-2-8(11)7-14/h4-6,8,11,15H,1-3,7,14H2. The molecule has 7 nitrogen and oxygen atoms in total. The van der Waals surface area contributed by atoms with Crippen molar-refractivity contribution in [3.8, 4) is 0 Å². The summed E-state index contributed by atoms with van der Waals surface area (Å²) >= 11 is 0. The van der Waals surface area contributed by atoms with Gasteiger partial charge in [-0.2, -0.15) is 0 Å². The molecule has 0 amide bonds. The third-order valence-corrected chi connectivity index (χ3v) is 5.19. The van der Waals surface area contributed by atoms with E-state index in [0.717, 1.165) is 31.0 Å². The fraction of sp³-hybridized carbons (Fsp3) is 0.500. The van der Waals surface area contributed by atoms with Crippen LogP contribution in [0.4, 0.5) is 10.1 Å². The minimum absolute atomic E-state index is 0.00142. The summed E-state index contributed by atoms with van der Waals surface area (Å²) in [5.41, 5.74) is 5.10. The Morgan fingerprint density at radius 1 is 1.43 bits per heavy atom. The number of sulfonamides is 1. The fourth-order valence-electron chi connectivity index (χ4n) is 2.55. The second-order valence-corrected chi connectivity index (χ2v) is 6.71. The number of halogens is 1. The third kappa shape index (κ3) is 3.36. The molecule has 1 fully saturated rings. The molecule has 2 unspecified atom stereocenters. The van der Waals surface area contributed by atoms with Gasteiger partial charge in [0.05, 0.1) is 4.92 Å². The molecule has 2 atom stereocenters. The van der Waals surface area contributed by atoms with Crippen LogP contribution in [-0.4, -0.2) is 25.9 Å². The van der Waals surface area contributed by atoms with E-state index in [1.807, 2.05) is 0 Å². The summed E-state index contributed by atoms with van der Waals surface area (Å²) in [6.45, 7) is 0.338. The molecule has 0 spiro atoms. The fourth-order valence-corrected chi connectivity index (χ4v) is 3.98. The highest BCUT2D eigenvalue weighted by atomic mass is 32.2. The molecule has 0 heterocycles. The third-order valence-electron chi connectivity index (χ3n) is 3.68. The molecule has 2 rings (SSSR count). The predicted molar refractivity (Wildman–Crippen MR) is 73.6 cm³/mol. The molecule has 0 radical (unpaired) electrons. The molecule has 0 aromatic heterocycles. The maximum absolute atomic E-state index is 13.7. The molecule has 9 heteroatoms. The van der Waals surface area contributed by atoms with E-state index in [4.69, 9.17) is 5.73 Å². The van der Waals surface area contributed by atoms with E-state index in [2.05, 4.69) is 4.72 Å². The first kappa shape index (κ1) is 15.8. The quantitative estimate of drug-likeness (QED) is 0.624. The van der Waals surface area contributed by atoms with Gasteiger partial charge in [-0.15, -0.1) is 0 Å². The van der Waals surface area contributed by atoms with Gasteiger partial charge in [0.2, 0.25) is 10.0 Å². The van der Waals surface area contributed by atoms with Crippen molar-refractivity contribution in [3.05, 3.63) is 34.1 Å². The zero-order valence-corrected chi connectivity index (χ0v) is 12.0. The van der Waals surface area contributed by atoms with Crippen LogP contribution in [0.3, 0.4) is 0 Å². The SMILES string of the molecule is NCC1CCCC1NS(=O)(=O)c1cc([N+](=O)[O-])ccc1F. The molecule has 3 N–H and O–H groups in total. The lowest BCUT2D eigenvalue weighted by atomic mass is 10.1. The molecule has 1 saturated carbocycles. The highest BCUT2D eigenvalue weighted by Gasteiger charge is 2.32. The summed E-state index contributed by atoms with van der Waals surface area (Å²) in [7, 11) is -4.16. The van der Waals surface area contributed by atoms with E-state index in [9.17, 15) is 22.9 Å². The first-order chi connectivity index (χ1) is 9.85. The predicted octanol–water partition coefficient (Wildman–Crippen LogP) is 1.14. The van der Waals surface area contributed by atoms with E-state index >= 15 is 0 Å². The summed E-state index contributed by atoms with van der Waals surface area (Å²) in [4.78, 5) is 9.21. The number of nitrogens with one attached hydrogen (secondary N) is 1. The Bertz CT molecular complexity index is 650. The molecule has 116 valence electrons. The Balaban J connectivity index is 2.31. The maximum atomic E-state index is 13.7. The molecule has 0 aliphatic heterocycles. The van der Waals surface area contributed by atoms with E-state index < -0.39 is 31.3 Å². The zero-order valence-electron chi connectivity index (χ0n) is 11.2. The molecular formula is C12H16FN3O4S. The average Bonchev–Trinajstić information content (AvgIpc) is 2.85. The second-order valence-electron chi connectivity index (χ2n) is 5.03. The molecule has 1 aliphatic rings. The molecule has 21 heavy (non-hydrogen) atoms. The van der Waals surface area contributed by atoms with Crippen LogP contribution < -0.4 is 10.5 Å². The zero-order chi connectivity index (χ0) is 15.6. The minimum atomic E-state index is -4.16. The van der Waals surface area contributed by atoms with E-state index in [-0.39, 0.29) is 12.0 Å². The Labute approximate surface area is 121 Å². The Morgan fingerprint density at radius 2 is 2.14 bits per heavy atom. The lowest BCUT2D eigenvalue weighted by Crippen LogP contribution is -2.40. The maximum Gasteiger partial charge on any atom is 0.270 e. The van der Waals surface area contributed by atoms with Crippen molar-refractivity contribution in [2.24, 2.45) is 11.7 Å². The highest BCUT2D eigenvalue weighted by molar-refractivity contribution is 7.89.